The van der Waals surface area contributed by atoms with E-state index in [1.807, 2.05) is 18.2 Å². The maximum absolute atomic E-state index is 12.9. The van der Waals surface area contributed by atoms with E-state index in [9.17, 15) is 19.5 Å². The van der Waals surface area contributed by atoms with Gasteiger partial charge in [0.25, 0.3) is 5.91 Å². The van der Waals surface area contributed by atoms with Crippen molar-refractivity contribution in [3.63, 3.8) is 0 Å². The first-order valence-corrected chi connectivity index (χ1v) is 9.13. The molecular formula is C19H24N2O6. The molecule has 0 radical (unpaired) electrons. The highest BCUT2D eigenvalue weighted by atomic mass is 16.5. The van der Waals surface area contributed by atoms with E-state index in [4.69, 9.17) is 9.47 Å². The van der Waals surface area contributed by atoms with Gasteiger partial charge in [0, 0.05) is 19.6 Å². The number of para-hydroxylation sites is 1. The average molecular weight is 376 g/mol. The smallest absolute Gasteiger partial charge is 0.328 e. The number of carbonyl (C=O) groups excluding carboxylic acids is 2. The molecule has 0 aliphatic carbocycles. The minimum Gasteiger partial charge on any atom is -0.484 e. The quantitative estimate of drug-likeness (QED) is 0.809. The zero-order chi connectivity index (χ0) is 19.2. The molecule has 8 nitrogen and oxygen atoms in total. The Kier molecular flexibility index (Phi) is 6.28. The van der Waals surface area contributed by atoms with Gasteiger partial charge in [0.2, 0.25) is 5.91 Å². The zero-order valence-electron chi connectivity index (χ0n) is 15.1. The third-order valence-corrected chi connectivity index (χ3v) is 4.93. The molecule has 2 amide bonds. The summed E-state index contributed by atoms with van der Waals surface area (Å²) in [5.74, 6) is -1.23. The predicted octanol–water partition coefficient (Wildman–Crippen LogP) is 0.616. The van der Waals surface area contributed by atoms with Gasteiger partial charge < -0.3 is 24.4 Å². The van der Waals surface area contributed by atoms with Crippen LogP contribution in [0.15, 0.2) is 30.3 Å². The van der Waals surface area contributed by atoms with Crippen LogP contribution in [0.1, 0.15) is 12.8 Å². The number of piperidine rings is 1. The van der Waals surface area contributed by atoms with Gasteiger partial charge in [-0.3, -0.25) is 9.59 Å². The molecule has 1 aromatic rings. The summed E-state index contributed by atoms with van der Waals surface area (Å²) in [5, 5.41) is 9.32. The van der Waals surface area contributed by atoms with Crippen LogP contribution in [-0.2, 0) is 19.1 Å². The molecule has 2 aliphatic heterocycles. The minimum atomic E-state index is -1.07. The average Bonchev–Trinajstić information content (AvgIpc) is 2.72. The van der Waals surface area contributed by atoms with Crippen LogP contribution in [0, 0.1) is 5.92 Å². The topological polar surface area (TPSA) is 96.4 Å². The van der Waals surface area contributed by atoms with E-state index in [0.717, 1.165) is 0 Å². The van der Waals surface area contributed by atoms with Gasteiger partial charge >= 0.3 is 5.97 Å². The predicted molar refractivity (Wildman–Crippen MR) is 95.2 cm³/mol. The second-order valence-electron chi connectivity index (χ2n) is 6.74. The van der Waals surface area contributed by atoms with Gasteiger partial charge in [0.15, 0.2) is 12.6 Å². The van der Waals surface area contributed by atoms with Gasteiger partial charge in [-0.1, -0.05) is 18.2 Å². The van der Waals surface area contributed by atoms with Crippen molar-refractivity contribution in [2.75, 3.05) is 39.5 Å². The van der Waals surface area contributed by atoms with Gasteiger partial charge in [-0.05, 0) is 25.0 Å². The number of nitrogens with zero attached hydrogens (tertiary/aromatic N) is 2. The number of carboxylic acids is 1. The van der Waals surface area contributed by atoms with Gasteiger partial charge in [-0.15, -0.1) is 0 Å². The summed E-state index contributed by atoms with van der Waals surface area (Å²) >= 11 is 0. The maximum Gasteiger partial charge on any atom is 0.328 e. The summed E-state index contributed by atoms with van der Waals surface area (Å²) in [5.41, 5.74) is 0. The number of benzene rings is 1. The van der Waals surface area contributed by atoms with Crippen LogP contribution >= 0.6 is 0 Å². The number of likely N-dealkylation sites (tertiary alicyclic amines) is 1. The van der Waals surface area contributed by atoms with Crippen LogP contribution in [0.25, 0.3) is 0 Å². The molecular weight excluding hydrogens is 352 g/mol. The number of hydrogen-bond donors (Lipinski definition) is 1. The van der Waals surface area contributed by atoms with Gasteiger partial charge in [0.1, 0.15) is 5.75 Å². The van der Waals surface area contributed by atoms with Crippen LogP contribution in [0.3, 0.4) is 0 Å². The molecule has 0 aromatic heterocycles. The molecule has 146 valence electrons. The first kappa shape index (κ1) is 19.2. The number of hydrogen-bond acceptors (Lipinski definition) is 5. The zero-order valence-corrected chi connectivity index (χ0v) is 15.1. The first-order valence-electron chi connectivity index (χ1n) is 9.13. The lowest BCUT2D eigenvalue weighted by atomic mass is 9.95. The molecule has 3 rings (SSSR count). The van der Waals surface area contributed by atoms with Crippen molar-refractivity contribution in [2.24, 2.45) is 5.92 Å². The Hall–Kier alpha value is -2.61. The van der Waals surface area contributed by atoms with Crippen molar-refractivity contribution in [1.29, 1.82) is 0 Å². The van der Waals surface area contributed by atoms with E-state index in [-0.39, 0.29) is 37.5 Å². The molecule has 0 spiro atoms. The van der Waals surface area contributed by atoms with Gasteiger partial charge in [0.05, 0.1) is 19.1 Å². The summed E-state index contributed by atoms with van der Waals surface area (Å²) in [7, 11) is 0. The van der Waals surface area contributed by atoms with E-state index in [0.29, 0.717) is 38.3 Å². The molecule has 2 heterocycles. The number of morpholine rings is 1. The van der Waals surface area contributed by atoms with Crippen molar-refractivity contribution in [3.8, 4) is 5.75 Å². The Morgan fingerprint density at radius 2 is 1.96 bits per heavy atom. The number of rotatable bonds is 5. The second kappa shape index (κ2) is 8.85. The Morgan fingerprint density at radius 3 is 2.70 bits per heavy atom. The molecule has 27 heavy (non-hydrogen) atoms. The van der Waals surface area contributed by atoms with E-state index in [1.165, 1.54) is 4.90 Å². The van der Waals surface area contributed by atoms with Crippen LogP contribution in [0.5, 0.6) is 5.75 Å². The number of amides is 2. The highest BCUT2D eigenvalue weighted by Crippen LogP contribution is 2.22. The molecule has 1 aromatic carbocycles. The molecule has 0 saturated carbocycles. The van der Waals surface area contributed by atoms with Crippen molar-refractivity contribution in [1.82, 2.24) is 9.80 Å². The number of carboxylic acid groups (broad SMARTS) is 1. The fraction of sp³-hybridized carbons (Fsp3) is 0.526. The Bertz CT molecular complexity index is 680. The lowest BCUT2D eigenvalue weighted by Crippen LogP contribution is -2.56. The lowest BCUT2D eigenvalue weighted by Gasteiger charge is -2.38. The summed E-state index contributed by atoms with van der Waals surface area (Å²) in [6, 6.07) is 8.12. The molecule has 2 fully saturated rings. The van der Waals surface area contributed by atoms with E-state index >= 15 is 0 Å². The summed E-state index contributed by atoms with van der Waals surface area (Å²) in [4.78, 5) is 39.7. The van der Waals surface area contributed by atoms with Crippen molar-refractivity contribution >= 4 is 17.8 Å². The van der Waals surface area contributed by atoms with Gasteiger partial charge in [-0.25, -0.2) is 4.79 Å². The van der Waals surface area contributed by atoms with Crippen molar-refractivity contribution in [3.05, 3.63) is 30.3 Å². The fourth-order valence-electron chi connectivity index (χ4n) is 3.46. The Morgan fingerprint density at radius 1 is 1.19 bits per heavy atom. The number of ether oxygens (including phenoxy) is 2. The molecule has 8 heteroatoms. The molecule has 2 unspecified atom stereocenters. The second-order valence-corrected chi connectivity index (χ2v) is 6.74. The SMILES string of the molecule is O=C(O)C1COCCN1C(=O)C1CCCN(C(=O)COc2ccccc2)C1. The monoisotopic (exact) mass is 376 g/mol. The largest absolute Gasteiger partial charge is 0.484 e. The Balaban J connectivity index is 1.57. The van der Waals surface area contributed by atoms with Crippen LogP contribution in [0.4, 0.5) is 0 Å². The van der Waals surface area contributed by atoms with Crippen LogP contribution in [0.2, 0.25) is 0 Å². The number of carbonyl (C=O) groups is 3. The van der Waals surface area contributed by atoms with E-state index in [2.05, 4.69) is 0 Å². The van der Waals surface area contributed by atoms with Crippen LogP contribution in [-0.4, -0.2) is 78.2 Å². The molecule has 0 bridgehead atoms. The van der Waals surface area contributed by atoms with E-state index < -0.39 is 12.0 Å². The lowest BCUT2D eigenvalue weighted by molar-refractivity contribution is -0.161. The number of aliphatic carboxylic acids is 1. The minimum absolute atomic E-state index is 0.00134. The molecule has 1 N–H and O–H groups in total. The van der Waals surface area contributed by atoms with E-state index in [1.54, 1.807) is 17.0 Å². The van der Waals surface area contributed by atoms with Gasteiger partial charge in [-0.2, -0.15) is 0 Å². The highest BCUT2D eigenvalue weighted by molar-refractivity contribution is 5.86. The third-order valence-electron chi connectivity index (χ3n) is 4.93. The molecule has 2 aliphatic rings. The maximum atomic E-state index is 12.9. The molecule has 2 atom stereocenters. The third kappa shape index (κ3) is 4.77. The normalized spacial score (nSPS) is 23.0. The summed E-state index contributed by atoms with van der Waals surface area (Å²) in [6.07, 6.45) is 1.35. The van der Waals surface area contributed by atoms with Crippen molar-refractivity contribution < 1.29 is 29.0 Å². The summed E-state index contributed by atoms with van der Waals surface area (Å²) in [6.45, 7) is 1.38. The fourth-order valence-corrected chi connectivity index (χ4v) is 3.46. The highest BCUT2D eigenvalue weighted by Gasteiger charge is 2.38. The summed E-state index contributed by atoms with van der Waals surface area (Å²) < 4.78 is 10.7. The van der Waals surface area contributed by atoms with Crippen LogP contribution < -0.4 is 4.74 Å². The Labute approximate surface area is 157 Å². The first-order chi connectivity index (χ1) is 13.1. The standard InChI is InChI=1S/C19H24N2O6/c22-17(13-27-15-6-2-1-3-7-15)20-8-4-5-14(11-20)18(23)21-9-10-26-12-16(21)19(24)25/h1-3,6-7,14,16H,4-5,8-13H2,(H,24,25). The van der Waals surface area contributed by atoms with Crippen molar-refractivity contribution in [2.45, 2.75) is 18.9 Å². The molecule has 2 saturated heterocycles.